The van der Waals surface area contributed by atoms with Crippen molar-refractivity contribution in [3.8, 4) is 0 Å². The molecule has 0 saturated carbocycles. The first-order chi connectivity index (χ1) is 9.41. The molecule has 0 spiro atoms. The minimum Gasteiger partial charge on any atom is -0.398 e. The second kappa shape index (κ2) is 5.54. The lowest BCUT2D eigenvalue weighted by Crippen LogP contribution is -2.15. The number of carbonyl (C=O) groups is 1. The molecule has 2 rings (SSSR count). The zero-order valence-corrected chi connectivity index (χ0v) is 11.5. The van der Waals surface area contributed by atoms with Crippen LogP contribution in [0.1, 0.15) is 10.4 Å². The van der Waals surface area contributed by atoms with Crippen LogP contribution >= 0.6 is 15.9 Å². The molecule has 0 atom stereocenters. The van der Waals surface area contributed by atoms with Crippen molar-refractivity contribution in [3.63, 3.8) is 0 Å². The average Bonchev–Trinajstić information content (AvgIpc) is 2.42. The number of nitrogens with one attached hydrogen (secondary N) is 1. The highest BCUT2D eigenvalue weighted by Crippen LogP contribution is 2.26. The summed E-state index contributed by atoms with van der Waals surface area (Å²) in [4.78, 5) is 12.0. The number of nitrogen functional groups attached to an aromatic ring is 1. The summed E-state index contributed by atoms with van der Waals surface area (Å²) in [6, 6.07) is 6.22. The second-order valence-electron chi connectivity index (χ2n) is 3.89. The van der Waals surface area contributed by atoms with Crippen molar-refractivity contribution in [2.24, 2.45) is 0 Å². The third-order valence-corrected chi connectivity index (χ3v) is 3.44. The molecule has 20 heavy (non-hydrogen) atoms. The van der Waals surface area contributed by atoms with Gasteiger partial charge in [-0.1, -0.05) is 6.07 Å². The minimum absolute atomic E-state index is 0.147. The van der Waals surface area contributed by atoms with Crippen molar-refractivity contribution in [2.45, 2.75) is 0 Å². The summed E-state index contributed by atoms with van der Waals surface area (Å²) in [5.41, 5.74) is 5.63. The lowest BCUT2D eigenvalue weighted by atomic mass is 10.2. The lowest BCUT2D eigenvalue weighted by molar-refractivity contribution is 0.102. The fraction of sp³-hybridized carbons (Fsp3) is 0. The van der Waals surface area contributed by atoms with Crippen molar-refractivity contribution in [3.05, 3.63) is 57.8 Å². The highest BCUT2D eigenvalue weighted by molar-refractivity contribution is 9.10. The van der Waals surface area contributed by atoms with E-state index in [0.717, 1.165) is 12.1 Å². The molecule has 0 saturated heterocycles. The van der Waals surface area contributed by atoms with Crippen molar-refractivity contribution >= 4 is 33.2 Å². The molecule has 0 heterocycles. The van der Waals surface area contributed by atoms with Crippen molar-refractivity contribution in [1.29, 1.82) is 0 Å². The Morgan fingerprint density at radius 3 is 2.50 bits per heavy atom. The van der Waals surface area contributed by atoms with E-state index in [1.54, 1.807) is 6.07 Å². The summed E-state index contributed by atoms with van der Waals surface area (Å²) < 4.78 is 39.6. The van der Waals surface area contributed by atoms with Gasteiger partial charge >= 0.3 is 0 Å². The fourth-order valence-corrected chi connectivity index (χ4v) is 1.98. The lowest BCUT2D eigenvalue weighted by Gasteiger charge is -2.09. The van der Waals surface area contributed by atoms with E-state index in [-0.39, 0.29) is 5.56 Å². The molecule has 0 aliphatic heterocycles. The molecule has 0 aliphatic rings. The molecule has 104 valence electrons. The summed E-state index contributed by atoms with van der Waals surface area (Å²) in [6.45, 7) is 0. The largest absolute Gasteiger partial charge is 0.398 e. The zero-order valence-electron chi connectivity index (χ0n) is 9.88. The molecule has 0 unspecified atom stereocenters. The Morgan fingerprint density at radius 2 is 1.80 bits per heavy atom. The highest BCUT2D eigenvalue weighted by Gasteiger charge is 2.17. The van der Waals surface area contributed by atoms with E-state index in [4.69, 9.17) is 5.73 Å². The second-order valence-corrected chi connectivity index (χ2v) is 4.68. The summed E-state index contributed by atoms with van der Waals surface area (Å²) >= 11 is 3.13. The molecule has 0 radical (unpaired) electrons. The van der Waals surface area contributed by atoms with Crippen LogP contribution in [0, 0.1) is 17.5 Å². The number of carbonyl (C=O) groups excluding carboxylic acids is 1. The molecular weight excluding hydrogens is 337 g/mol. The van der Waals surface area contributed by atoms with Gasteiger partial charge < -0.3 is 11.1 Å². The van der Waals surface area contributed by atoms with Crippen LogP contribution in [-0.4, -0.2) is 5.91 Å². The standard InChI is InChI=1S/C13H8BrF3N2O/c14-10-6(2-1-3-8(10)18)13(20)19-9-5-4-7(15)11(16)12(9)17/h1-5H,18H2,(H,19,20). The first-order valence-corrected chi connectivity index (χ1v) is 6.20. The van der Waals surface area contributed by atoms with Gasteiger partial charge in [0.15, 0.2) is 17.5 Å². The molecule has 2 aromatic rings. The maximum atomic E-state index is 13.5. The van der Waals surface area contributed by atoms with Gasteiger partial charge in [0.2, 0.25) is 0 Å². The third kappa shape index (κ3) is 2.62. The molecular formula is C13H8BrF3N2O. The SMILES string of the molecule is Nc1cccc(C(=O)Nc2ccc(F)c(F)c2F)c1Br. The number of benzene rings is 2. The van der Waals surface area contributed by atoms with E-state index in [1.807, 2.05) is 0 Å². The number of hydrogen-bond donors (Lipinski definition) is 2. The van der Waals surface area contributed by atoms with Crippen LogP contribution in [0.5, 0.6) is 0 Å². The smallest absolute Gasteiger partial charge is 0.256 e. The van der Waals surface area contributed by atoms with Gasteiger partial charge in [0.1, 0.15) is 0 Å². The predicted octanol–water partition coefficient (Wildman–Crippen LogP) is 3.70. The zero-order chi connectivity index (χ0) is 14.9. The van der Waals surface area contributed by atoms with E-state index < -0.39 is 29.0 Å². The normalized spacial score (nSPS) is 10.4. The van der Waals surface area contributed by atoms with Gasteiger partial charge in [-0.15, -0.1) is 0 Å². The number of nitrogens with two attached hydrogens (primary N) is 1. The molecule has 1 amide bonds. The predicted molar refractivity (Wildman–Crippen MR) is 72.8 cm³/mol. The average molecular weight is 345 g/mol. The summed E-state index contributed by atoms with van der Waals surface area (Å²) in [6.07, 6.45) is 0. The minimum atomic E-state index is -1.64. The van der Waals surface area contributed by atoms with E-state index in [1.165, 1.54) is 12.1 Å². The topological polar surface area (TPSA) is 55.1 Å². The molecule has 0 aromatic heterocycles. The summed E-state index contributed by atoms with van der Waals surface area (Å²) in [5.74, 6) is -5.13. The Balaban J connectivity index is 2.33. The van der Waals surface area contributed by atoms with Crippen LogP contribution in [-0.2, 0) is 0 Å². The van der Waals surface area contributed by atoms with E-state index in [2.05, 4.69) is 21.2 Å². The van der Waals surface area contributed by atoms with Gasteiger partial charge in [0, 0.05) is 5.69 Å². The maximum absolute atomic E-state index is 13.5. The van der Waals surface area contributed by atoms with Crippen LogP contribution in [0.15, 0.2) is 34.8 Å². The van der Waals surface area contributed by atoms with Gasteiger partial charge in [-0.3, -0.25) is 4.79 Å². The van der Waals surface area contributed by atoms with E-state index >= 15 is 0 Å². The maximum Gasteiger partial charge on any atom is 0.256 e. The van der Waals surface area contributed by atoms with Crippen molar-refractivity contribution in [2.75, 3.05) is 11.1 Å². The van der Waals surface area contributed by atoms with Gasteiger partial charge in [-0.05, 0) is 40.2 Å². The number of amides is 1. The van der Waals surface area contributed by atoms with Crippen LogP contribution in [0.4, 0.5) is 24.5 Å². The Bertz CT molecular complexity index is 692. The quantitative estimate of drug-likeness (QED) is 0.644. The van der Waals surface area contributed by atoms with Crippen LogP contribution < -0.4 is 11.1 Å². The first kappa shape index (κ1) is 14.4. The Morgan fingerprint density at radius 1 is 1.10 bits per heavy atom. The van der Waals surface area contributed by atoms with Gasteiger partial charge in [-0.2, -0.15) is 0 Å². The molecule has 0 aliphatic carbocycles. The van der Waals surface area contributed by atoms with Gasteiger partial charge in [0.05, 0.1) is 15.7 Å². The molecule has 0 bridgehead atoms. The Hall–Kier alpha value is -2.02. The Labute approximate surface area is 120 Å². The van der Waals surface area contributed by atoms with Crippen LogP contribution in [0.2, 0.25) is 0 Å². The van der Waals surface area contributed by atoms with Crippen LogP contribution in [0.3, 0.4) is 0 Å². The highest BCUT2D eigenvalue weighted by atomic mass is 79.9. The molecule has 0 fully saturated rings. The van der Waals surface area contributed by atoms with Crippen LogP contribution in [0.25, 0.3) is 0 Å². The summed E-state index contributed by atoms with van der Waals surface area (Å²) in [5, 5.41) is 2.16. The van der Waals surface area contributed by atoms with Crippen molar-refractivity contribution < 1.29 is 18.0 Å². The van der Waals surface area contributed by atoms with E-state index in [9.17, 15) is 18.0 Å². The van der Waals surface area contributed by atoms with Crippen molar-refractivity contribution in [1.82, 2.24) is 0 Å². The number of hydrogen-bond acceptors (Lipinski definition) is 2. The number of halogens is 4. The third-order valence-electron chi connectivity index (χ3n) is 2.56. The number of anilines is 2. The molecule has 3 nitrogen and oxygen atoms in total. The monoisotopic (exact) mass is 344 g/mol. The first-order valence-electron chi connectivity index (χ1n) is 5.40. The molecule has 3 N–H and O–H groups in total. The Kier molecular flexibility index (Phi) is 3.99. The molecule has 7 heteroatoms. The van der Waals surface area contributed by atoms with Gasteiger partial charge in [0.25, 0.3) is 5.91 Å². The number of rotatable bonds is 2. The fourth-order valence-electron chi connectivity index (χ4n) is 1.54. The molecule has 2 aromatic carbocycles. The van der Waals surface area contributed by atoms with E-state index in [0.29, 0.717) is 10.2 Å². The summed E-state index contributed by atoms with van der Waals surface area (Å²) in [7, 11) is 0. The van der Waals surface area contributed by atoms with Gasteiger partial charge in [-0.25, -0.2) is 13.2 Å².